The van der Waals surface area contributed by atoms with E-state index in [4.69, 9.17) is 9.47 Å². The number of methoxy groups -OCH3 is 2. The molecule has 0 aliphatic heterocycles. The van der Waals surface area contributed by atoms with Crippen LogP contribution in [0.5, 0.6) is 11.5 Å². The first-order valence-corrected chi connectivity index (χ1v) is 10.7. The number of hydrogen-bond donors (Lipinski definition) is 2. The average molecular weight is 526 g/mol. The highest BCUT2D eigenvalue weighted by Gasteiger charge is 2.22. The molecule has 0 aliphatic rings. The molecule has 34 heavy (non-hydrogen) atoms. The van der Waals surface area contributed by atoms with Gasteiger partial charge in [-0.3, -0.25) is 19.7 Å². The van der Waals surface area contributed by atoms with Crippen LogP contribution >= 0.6 is 15.9 Å². The Morgan fingerprint density at radius 2 is 1.65 bits per heavy atom. The van der Waals surface area contributed by atoms with E-state index in [1.54, 1.807) is 54.6 Å². The van der Waals surface area contributed by atoms with Crippen LogP contribution in [0.2, 0.25) is 0 Å². The summed E-state index contributed by atoms with van der Waals surface area (Å²) in [5.74, 6) is -0.855. The second-order valence-electron chi connectivity index (χ2n) is 6.87. The van der Waals surface area contributed by atoms with Gasteiger partial charge >= 0.3 is 0 Å². The van der Waals surface area contributed by atoms with Crippen molar-refractivity contribution in [1.82, 2.24) is 5.32 Å². The Morgan fingerprint density at radius 3 is 2.26 bits per heavy atom. The lowest BCUT2D eigenvalue weighted by Gasteiger charge is -2.13. The van der Waals surface area contributed by atoms with E-state index in [0.29, 0.717) is 11.3 Å². The van der Waals surface area contributed by atoms with E-state index in [1.165, 1.54) is 32.4 Å². The fraction of sp³-hybridized carbons (Fsp3) is 0.0833. The van der Waals surface area contributed by atoms with E-state index < -0.39 is 16.7 Å². The lowest BCUT2D eigenvalue weighted by Crippen LogP contribution is -2.30. The molecule has 0 saturated heterocycles. The largest absolute Gasteiger partial charge is 0.493 e. The van der Waals surface area contributed by atoms with Crippen LogP contribution in [0.15, 0.2) is 76.9 Å². The van der Waals surface area contributed by atoms with Crippen molar-refractivity contribution in [1.29, 1.82) is 0 Å². The SMILES string of the molecule is COc1cc(/C=C(/NC(=O)c2ccccc2)C(=O)Nc2cccc(Br)c2)c([N+](=O)[O-])cc1OC. The molecule has 0 fully saturated rings. The lowest BCUT2D eigenvalue weighted by atomic mass is 10.1. The second kappa shape index (κ2) is 11.1. The molecule has 0 bridgehead atoms. The molecule has 2 N–H and O–H groups in total. The molecule has 174 valence electrons. The maximum atomic E-state index is 13.1. The average Bonchev–Trinajstić information content (AvgIpc) is 2.83. The van der Waals surface area contributed by atoms with Gasteiger partial charge in [0.2, 0.25) is 0 Å². The van der Waals surface area contributed by atoms with Gasteiger partial charge in [0.1, 0.15) is 5.70 Å². The van der Waals surface area contributed by atoms with Gasteiger partial charge in [-0.05, 0) is 42.5 Å². The fourth-order valence-electron chi connectivity index (χ4n) is 3.02. The van der Waals surface area contributed by atoms with E-state index in [9.17, 15) is 19.7 Å². The summed E-state index contributed by atoms with van der Waals surface area (Å²) in [6.45, 7) is 0. The van der Waals surface area contributed by atoms with Crippen LogP contribution in [-0.4, -0.2) is 31.0 Å². The third-order valence-corrected chi connectivity index (χ3v) is 5.13. The highest BCUT2D eigenvalue weighted by Crippen LogP contribution is 2.35. The molecule has 0 heterocycles. The molecule has 0 saturated carbocycles. The minimum absolute atomic E-state index is 0.0374. The highest BCUT2D eigenvalue weighted by molar-refractivity contribution is 9.10. The van der Waals surface area contributed by atoms with Gasteiger partial charge < -0.3 is 20.1 Å². The van der Waals surface area contributed by atoms with Crippen molar-refractivity contribution in [2.45, 2.75) is 0 Å². The fourth-order valence-corrected chi connectivity index (χ4v) is 3.42. The van der Waals surface area contributed by atoms with Crippen LogP contribution in [0.4, 0.5) is 11.4 Å². The molecule has 0 aliphatic carbocycles. The number of nitro benzene ring substituents is 1. The third kappa shape index (κ3) is 5.99. The molecular weight excluding hydrogens is 506 g/mol. The second-order valence-corrected chi connectivity index (χ2v) is 7.78. The smallest absolute Gasteiger partial charge is 0.280 e. The standard InChI is InChI=1S/C24H20BrN3O6/c1-33-21-12-16(20(28(31)32)14-22(21)34-2)11-19(27-23(29)15-7-4-3-5-8-15)24(30)26-18-10-6-9-17(25)13-18/h3-14H,1-2H3,(H,26,30)(H,27,29)/b19-11+. The molecule has 0 unspecified atom stereocenters. The summed E-state index contributed by atoms with van der Waals surface area (Å²) in [5.41, 5.74) is 0.269. The van der Waals surface area contributed by atoms with E-state index in [0.717, 1.165) is 4.47 Å². The van der Waals surface area contributed by atoms with Crippen molar-refractivity contribution < 1.29 is 24.0 Å². The number of hydrogen-bond acceptors (Lipinski definition) is 6. The Morgan fingerprint density at radius 1 is 0.971 bits per heavy atom. The maximum Gasteiger partial charge on any atom is 0.280 e. The Balaban J connectivity index is 2.07. The zero-order valence-corrected chi connectivity index (χ0v) is 19.8. The van der Waals surface area contributed by atoms with E-state index in [-0.39, 0.29) is 28.4 Å². The first kappa shape index (κ1) is 24.5. The molecule has 2 amide bonds. The number of nitrogens with one attached hydrogen (secondary N) is 2. The lowest BCUT2D eigenvalue weighted by molar-refractivity contribution is -0.385. The molecule has 0 radical (unpaired) electrons. The number of carbonyl (C=O) groups is 2. The van der Waals surface area contributed by atoms with Gasteiger partial charge in [0.05, 0.1) is 30.8 Å². The Kier molecular flexibility index (Phi) is 7.99. The van der Waals surface area contributed by atoms with Crippen LogP contribution in [-0.2, 0) is 4.79 Å². The quantitative estimate of drug-likeness (QED) is 0.248. The summed E-state index contributed by atoms with van der Waals surface area (Å²) >= 11 is 3.33. The van der Waals surface area contributed by atoms with Crippen LogP contribution in [0, 0.1) is 10.1 Å². The first-order chi connectivity index (χ1) is 16.3. The third-order valence-electron chi connectivity index (χ3n) is 4.64. The van der Waals surface area contributed by atoms with Gasteiger partial charge in [0, 0.05) is 15.7 Å². The molecular formula is C24H20BrN3O6. The first-order valence-electron chi connectivity index (χ1n) is 9.87. The van der Waals surface area contributed by atoms with Crippen molar-refractivity contribution in [3.8, 4) is 11.5 Å². The number of nitrogens with zero attached hydrogens (tertiary/aromatic N) is 1. The Hall–Kier alpha value is -4.18. The monoisotopic (exact) mass is 525 g/mol. The number of benzene rings is 3. The predicted octanol–water partition coefficient (Wildman–Crippen LogP) is 4.78. The molecule has 9 nitrogen and oxygen atoms in total. The summed E-state index contributed by atoms with van der Waals surface area (Å²) in [6, 6.07) is 17.7. The summed E-state index contributed by atoms with van der Waals surface area (Å²) in [6.07, 6.45) is 1.22. The van der Waals surface area contributed by atoms with E-state index in [1.807, 2.05) is 0 Å². The van der Waals surface area contributed by atoms with Crippen LogP contribution in [0.1, 0.15) is 15.9 Å². The van der Waals surface area contributed by atoms with Crippen molar-refractivity contribution in [2.75, 3.05) is 19.5 Å². The van der Waals surface area contributed by atoms with Crippen molar-refractivity contribution in [3.05, 3.63) is 98.1 Å². The normalized spacial score (nSPS) is 10.9. The minimum atomic E-state index is -0.675. The van der Waals surface area contributed by atoms with E-state index >= 15 is 0 Å². The summed E-state index contributed by atoms with van der Waals surface area (Å²) < 4.78 is 11.1. The summed E-state index contributed by atoms with van der Waals surface area (Å²) in [4.78, 5) is 37.0. The molecule has 3 aromatic rings. The highest BCUT2D eigenvalue weighted by atomic mass is 79.9. The van der Waals surface area contributed by atoms with Crippen molar-refractivity contribution in [3.63, 3.8) is 0 Å². The number of nitro groups is 1. The Bertz CT molecular complexity index is 1260. The number of anilines is 1. The molecule has 10 heteroatoms. The van der Waals surface area contributed by atoms with Crippen molar-refractivity contribution in [2.24, 2.45) is 0 Å². The van der Waals surface area contributed by atoms with Crippen LogP contribution < -0.4 is 20.1 Å². The molecule has 3 rings (SSSR count). The number of carbonyl (C=O) groups excluding carboxylic acids is 2. The molecule has 0 aromatic heterocycles. The number of amides is 2. The molecule has 0 spiro atoms. The van der Waals surface area contributed by atoms with Gasteiger partial charge in [-0.25, -0.2) is 0 Å². The predicted molar refractivity (Wildman–Crippen MR) is 131 cm³/mol. The van der Waals surface area contributed by atoms with Crippen molar-refractivity contribution >= 4 is 45.2 Å². The van der Waals surface area contributed by atoms with Gasteiger partial charge in [-0.1, -0.05) is 40.2 Å². The maximum absolute atomic E-state index is 13.1. The zero-order chi connectivity index (χ0) is 24.7. The number of ether oxygens (including phenoxy) is 2. The van der Waals surface area contributed by atoms with Gasteiger partial charge in [0.15, 0.2) is 11.5 Å². The minimum Gasteiger partial charge on any atom is -0.493 e. The van der Waals surface area contributed by atoms with Crippen LogP contribution in [0.25, 0.3) is 6.08 Å². The number of halogens is 1. The number of rotatable bonds is 8. The van der Waals surface area contributed by atoms with E-state index in [2.05, 4.69) is 26.6 Å². The molecule has 0 atom stereocenters. The zero-order valence-electron chi connectivity index (χ0n) is 18.2. The molecule has 3 aromatic carbocycles. The summed E-state index contributed by atoms with van der Waals surface area (Å²) in [7, 11) is 2.74. The summed E-state index contributed by atoms with van der Waals surface area (Å²) in [5, 5.41) is 16.9. The van der Waals surface area contributed by atoms with Gasteiger partial charge in [-0.15, -0.1) is 0 Å². The van der Waals surface area contributed by atoms with Gasteiger partial charge in [0.25, 0.3) is 17.5 Å². The van der Waals surface area contributed by atoms with Gasteiger partial charge in [-0.2, -0.15) is 0 Å². The topological polar surface area (TPSA) is 120 Å². The Labute approximate surface area is 203 Å². The van der Waals surface area contributed by atoms with Crippen LogP contribution in [0.3, 0.4) is 0 Å².